The third kappa shape index (κ3) is 2.61. The van der Waals surface area contributed by atoms with E-state index in [9.17, 15) is 0 Å². The first-order valence-electron chi connectivity index (χ1n) is 6.16. The van der Waals surface area contributed by atoms with Crippen LogP contribution in [0.4, 0.5) is 0 Å². The summed E-state index contributed by atoms with van der Waals surface area (Å²) in [7, 11) is 0. The molecule has 0 spiro atoms. The van der Waals surface area contributed by atoms with E-state index < -0.39 is 0 Å². The number of hydrogen-bond acceptors (Lipinski definition) is 2. The molecule has 1 aliphatic rings. The van der Waals surface area contributed by atoms with Crippen LogP contribution in [0.1, 0.15) is 54.5 Å². The van der Waals surface area contributed by atoms with Crippen LogP contribution < -0.4 is 5.32 Å². The van der Waals surface area contributed by atoms with Crippen molar-refractivity contribution in [3.05, 3.63) is 21.4 Å². The highest BCUT2D eigenvalue weighted by molar-refractivity contribution is 7.12. The number of aryl methyl sites for hydroxylation is 2. The van der Waals surface area contributed by atoms with Crippen LogP contribution in [0.25, 0.3) is 0 Å². The van der Waals surface area contributed by atoms with E-state index >= 15 is 0 Å². The fourth-order valence-corrected chi connectivity index (χ4v) is 3.47. The Morgan fingerprint density at radius 3 is 2.93 bits per heavy atom. The maximum absolute atomic E-state index is 3.57. The fourth-order valence-electron chi connectivity index (χ4n) is 2.19. The largest absolute Gasteiger partial charge is 0.309 e. The van der Waals surface area contributed by atoms with Crippen molar-refractivity contribution in [2.45, 2.75) is 52.0 Å². The minimum absolute atomic E-state index is 0.542. The van der Waals surface area contributed by atoms with Gasteiger partial charge in [-0.3, -0.25) is 0 Å². The van der Waals surface area contributed by atoms with Gasteiger partial charge in [-0.25, -0.2) is 0 Å². The molecule has 2 rings (SSSR count). The van der Waals surface area contributed by atoms with Gasteiger partial charge in [0.05, 0.1) is 0 Å². The van der Waals surface area contributed by atoms with E-state index in [4.69, 9.17) is 0 Å². The van der Waals surface area contributed by atoms with Crippen LogP contribution in [0.5, 0.6) is 0 Å². The summed E-state index contributed by atoms with van der Waals surface area (Å²) >= 11 is 2.03. The average molecular weight is 223 g/mol. The molecule has 0 fully saturated rings. The number of hydrogen-bond donors (Lipinski definition) is 1. The van der Waals surface area contributed by atoms with Crippen LogP contribution in [0.15, 0.2) is 6.07 Å². The molecule has 1 aromatic rings. The Bertz CT molecular complexity index is 293. The fraction of sp³-hybridized carbons (Fsp3) is 0.692. The van der Waals surface area contributed by atoms with Gasteiger partial charge in [0, 0.05) is 15.8 Å². The molecule has 2 heteroatoms. The molecule has 1 heterocycles. The first-order valence-corrected chi connectivity index (χ1v) is 6.97. The standard InChI is InChI=1S/C13H21NS/c1-3-8-14-10(2)13-9-11-6-4-5-7-12(11)15-13/h9-10,14H,3-8H2,1-2H3. The Balaban J connectivity index is 2.05. The molecule has 1 N–H and O–H groups in total. The molecule has 1 unspecified atom stereocenters. The van der Waals surface area contributed by atoms with Crippen LogP contribution >= 0.6 is 11.3 Å². The maximum atomic E-state index is 3.57. The first-order chi connectivity index (χ1) is 7.31. The number of rotatable bonds is 4. The summed E-state index contributed by atoms with van der Waals surface area (Å²) in [4.78, 5) is 3.19. The number of thiophene rings is 1. The van der Waals surface area contributed by atoms with Gasteiger partial charge in [0.1, 0.15) is 0 Å². The molecule has 0 bridgehead atoms. The Hall–Kier alpha value is -0.340. The molecule has 84 valence electrons. The van der Waals surface area contributed by atoms with E-state index in [-0.39, 0.29) is 0 Å². The predicted molar refractivity (Wildman–Crippen MR) is 67.7 cm³/mol. The molecule has 0 aliphatic heterocycles. The van der Waals surface area contributed by atoms with Crippen molar-refractivity contribution in [2.75, 3.05) is 6.54 Å². The summed E-state index contributed by atoms with van der Waals surface area (Å²) in [5.41, 5.74) is 1.63. The third-order valence-corrected chi connectivity index (χ3v) is 4.56. The summed E-state index contributed by atoms with van der Waals surface area (Å²) in [5.74, 6) is 0. The van der Waals surface area contributed by atoms with Crippen molar-refractivity contribution >= 4 is 11.3 Å². The molecule has 1 aliphatic carbocycles. The zero-order chi connectivity index (χ0) is 10.7. The van der Waals surface area contributed by atoms with E-state index in [0.29, 0.717) is 6.04 Å². The quantitative estimate of drug-likeness (QED) is 0.821. The predicted octanol–water partition coefficient (Wildman–Crippen LogP) is 3.69. The van der Waals surface area contributed by atoms with Crippen molar-refractivity contribution in [1.82, 2.24) is 5.32 Å². The summed E-state index contributed by atoms with van der Waals surface area (Å²) in [5, 5.41) is 3.57. The van der Waals surface area contributed by atoms with Crippen LogP contribution in [0.3, 0.4) is 0 Å². The minimum atomic E-state index is 0.542. The Kier molecular flexibility index (Phi) is 3.81. The maximum Gasteiger partial charge on any atom is 0.0386 e. The van der Waals surface area contributed by atoms with E-state index in [2.05, 4.69) is 25.2 Å². The summed E-state index contributed by atoms with van der Waals surface area (Å²) in [6, 6.07) is 2.98. The van der Waals surface area contributed by atoms with E-state index in [0.717, 1.165) is 6.54 Å². The second-order valence-electron chi connectivity index (χ2n) is 4.48. The number of fused-ring (bicyclic) bond motifs is 1. The van der Waals surface area contributed by atoms with Gasteiger partial charge in [-0.2, -0.15) is 0 Å². The van der Waals surface area contributed by atoms with Crippen molar-refractivity contribution < 1.29 is 0 Å². The molecule has 0 radical (unpaired) electrons. The average Bonchev–Trinajstić information content (AvgIpc) is 2.69. The van der Waals surface area contributed by atoms with Gasteiger partial charge in [0.15, 0.2) is 0 Å². The van der Waals surface area contributed by atoms with Gasteiger partial charge in [0.2, 0.25) is 0 Å². The molecule has 1 atom stereocenters. The van der Waals surface area contributed by atoms with E-state index in [1.807, 2.05) is 11.3 Å². The molecular weight excluding hydrogens is 202 g/mol. The molecule has 0 saturated carbocycles. The second-order valence-corrected chi connectivity index (χ2v) is 5.65. The summed E-state index contributed by atoms with van der Waals surface area (Å²) < 4.78 is 0. The topological polar surface area (TPSA) is 12.0 Å². The van der Waals surface area contributed by atoms with Crippen molar-refractivity contribution in [3.63, 3.8) is 0 Å². The lowest BCUT2D eigenvalue weighted by molar-refractivity contribution is 0.578. The highest BCUT2D eigenvalue weighted by atomic mass is 32.1. The summed E-state index contributed by atoms with van der Waals surface area (Å²) in [6.45, 7) is 5.63. The third-order valence-electron chi connectivity index (χ3n) is 3.14. The molecular formula is C13H21NS. The highest BCUT2D eigenvalue weighted by Gasteiger charge is 2.15. The second kappa shape index (κ2) is 5.13. The van der Waals surface area contributed by atoms with Gasteiger partial charge in [-0.15, -0.1) is 11.3 Å². The van der Waals surface area contributed by atoms with Crippen LogP contribution in [0.2, 0.25) is 0 Å². The van der Waals surface area contributed by atoms with Crippen molar-refractivity contribution in [3.8, 4) is 0 Å². The molecule has 15 heavy (non-hydrogen) atoms. The van der Waals surface area contributed by atoms with Gasteiger partial charge < -0.3 is 5.32 Å². The molecule has 1 nitrogen and oxygen atoms in total. The zero-order valence-electron chi connectivity index (χ0n) is 9.81. The van der Waals surface area contributed by atoms with E-state index in [1.165, 1.54) is 37.0 Å². The summed E-state index contributed by atoms with van der Waals surface area (Å²) in [6.07, 6.45) is 6.63. The lowest BCUT2D eigenvalue weighted by atomic mass is 9.99. The van der Waals surface area contributed by atoms with E-state index in [1.54, 1.807) is 10.4 Å². The van der Waals surface area contributed by atoms with Gasteiger partial charge in [-0.1, -0.05) is 6.92 Å². The van der Waals surface area contributed by atoms with Crippen LogP contribution in [-0.2, 0) is 12.8 Å². The highest BCUT2D eigenvalue weighted by Crippen LogP contribution is 2.32. The van der Waals surface area contributed by atoms with Crippen molar-refractivity contribution in [2.24, 2.45) is 0 Å². The SMILES string of the molecule is CCCNC(C)c1cc2c(s1)CCCC2. The van der Waals surface area contributed by atoms with Crippen molar-refractivity contribution in [1.29, 1.82) is 0 Å². The first kappa shape index (κ1) is 11.2. The molecule has 1 aromatic heterocycles. The van der Waals surface area contributed by atoms with Crippen LogP contribution in [0, 0.1) is 0 Å². The normalized spacial score (nSPS) is 17.5. The zero-order valence-corrected chi connectivity index (χ0v) is 10.6. The molecule has 0 aromatic carbocycles. The minimum Gasteiger partial charge on any atom is -0.309 e. The lowest BCUT2D eigenvalue weighted by Crippen LogP contribution is -2.18. The Morgan fingerprint density at radius 1 is 1.40 bits per heavy atom. The Labute approximate surface area is 96.9 Å². The number of nitrogens with one attached hydrogen (secondary N) is 1. The smallest absolute Gasteiger partial charge is 0.0386 e. The van der Waals surface area contributed by atoms with Gasteiger partial charge in [0.25, 0.3) is 0 Å². The molecule has 0 amide bonds. The van der Waals surface area contributed by atoms with Gasteiger partial charge >= 0.3 is 0 Å². The monoisotopic (exact) mass is 223 g/mol. The molecule has 0 saturated heterocycles. The van der Waals surface area contributed by atoms with Gasteiger partial charge in [-0.05, 0) is 57.2 Å². The lowest BCUT2D eigenvalue weighted by Gasteiger charge is -2.10. The van der Waals surface area contributed by atoms with Crippen LogP contribution in [-0.4, -0.2) is 6.54 Å². The Morgan fingerprint density at radius 2 is 2.20 bits per heavy atom.